The summed E-state index contributed by atoms with van der Waals surface area (Å²) in [6, 6.07) is 6.51. The van der Waals surface area contributed by atoms with Crippen molar-refractivity contribution in [2.45, 2.75) is 20.4 Å². The lowest BCUT2D eigenvalue weighted by molar-refractivity contribution is -0.386. The normalized spacial score (nSPS) is 14.1. The summed E-state index contributed by atoms with van der Waals surface area (Å²) >= 11 is 0. The first-order chi connectivity index (χ1) is 14.8. The van der Waals surface area contributed by atoms with Gasteiger partial charge in [-0.05, 0) is 38.1 Å². The van der Waals surface area contributed by atoms with Crippen molar-refractivity contribution in [3.05, 3.63) is 69.3 Å². The third kappa shape index (κ3) is 3.93. The molecule has 0 bridgehead atoms. The van der Waals surface area contributed by atoms with Crippen LogP contribution in [0.4, 0.5) is 5.69 Å². The number of nitro groups is 1. The molecule has 0 aliphatic carbocycles. The van der Waals surface area contributed by atoms with Gasteiger partial charge in [0.2, 0.25) is 0 Å². The standard InChI is InChI=1S/C20H21N5O6/c1-13-18(25(28)29)14(2)24(21-13)12-15-5-6-17(31-15)20(27)23-9-7-22(8-10-23)19(26)16-4-3-11-30-16/h3-6,11H,7-10,12H2,1-2H3. The molecule has 1 saturated heterocycles. The van der Waals surface area contributed by atoms with Gasteiger partial charge in [-0.3, -0.25) is 24.4 Å². The van der Waals surface area contributed by atoms with Crippen LogP contribution in [-0.4, -0.2) is 62.5 Å². The van der Waals surface area contributed by atoms with E-state index in [1.807, 2.05) is 0 Å². The van der Waals surface area contributed by atoms with Crippen LogP contribution in [0.1, 0.15) is 38.3 Å². The predicted octanol–water partition coefficient (Wildman–Crippen LogP) is 2.24. The number of furan rings is 2. The number of piperazine rings is 1. The minimum atomic E-state index is -0.457. The zero-order valence-electron chi connectivity index (χ0n) is 17.1. The summed E-state index contributed by atoms with van der Waals surface area (Å²) in [4.78, 5) is 39.1. The summed E-state index contributed by atoms with van der Waals surface area (Å²) in [6.45, 7) is 4.93. The van der Waals surface area contributed by atoms with E-state index in [0.29, 0.717) is 43.3 Å². The third-order valence-electron chi connectivity index (χ3n) is 5.29. The molecule has 4 rings (SSSR count). The van der Waals surface area contributed by atoms with Gasteiger partial charge in [0.1, 0.15) is 17.1 Å². The smallest absolute Gasteiger partial charge is 0.312 e. The Hall–Kier alpha value is -3.89. The van der Waals surface area contributed by atoms with Crippen molar-refractivity contribution in [3.8, 4) is 0 Å². The maximum atomic E-state index is 12.8. The molecule has 1 aliphatic rings. The monoisotopic (exact) mass is 427 g/mol. The minimum absolute atomic E-state index is 0.0233. The van der Waals surface area contributed by atoms with E-state index in [-0.39, 0.29) is 35.6 Å². The van der Waals surface area contributed by atoms with Gasteiger partial charge in [0.25, 0.3) is 11.8 Å². The van der Waals surface area contributed by atoms with Crippen LogP contribution < -0.4 is 0 Å². The molecule has 3 aromatic rings. The van der Waals surface area contributed by atoms with Crippen LogP contribution in [0.5, 0.6) is 0 Å². The Labute approximate surface area is 177 Å². The number of aromatic nitrogens is 2. The van der Waals surface area contributed by atoms with Crippen molar-refractivity contribution in [1.82, 2.24) is 19.6 Å². The molecule has 3 aromatic heterocycles. The molecular formula is C20H21N5O6. The Morgan fingerprint density at radius 1 is 1.06 bits per heavy atom. The van der Waals surface area contributed by atoms with Gasteiger partial charge >= 0.3 is 5.69 Å². The van der Waals surface area contributed by atoms with Gasteiger partial charge in [-0.2, -0.15) is 5.10 Å². The van der Waals surface area contributed by atoms with Crippen LogP contribution in [0.2, 0.25) is 0 Å². The molecule has 2 amide bonds. The molecular weight excluding hydrogens is 406 g/mol. The van der Waals surface area contributed by atoms with Crippen LogP contribution in [0, 0.1) is 24.0 Å². The summed E-state index contributed by atoms with van der Waals surface area (Å²) in [5.74, 6) is 0.458. The van der Waals surface area contributed by atoms with Gasteiger partial charge in [0, 0.05) is 26.2 Å². The molecule has 1 aliphatic heterocycles. The second kappa shape index (κ2) is 8.09. The fourth-order valence-electron chi connectivity index (χ4n) is 3.66. The number of nitrogens with zero attached hydrogens (tertiary/aromatic N) is 5. The summed E-state index contributed by atoms with van der Waals surface area (Å²) in [5, 5.41) is 15.3. The van der Waals surface area contributed by atoms with E-state index in [4.69, 9.17) is 8.83 Å². The van der Waals surface area contributed by atoms with Crippen LogP contribution in [0.25, 0.3) is 0 Å². The molecule has 162 valence electrons. The number of hydrogen-bond donors (Lipinski definition) is 0. The fourth-order valence-corrected chi connectivity index (χ4v) is 3.66. The van der Waals surface area contributed by atoms with E-state index in [1.54, 1.807) is 47.9 Å². The Bertz CT molecular complexity index is 1120. The first-order valence-electron chi connectivity index (χ1n) is 9.74. The number of aryl methyl sites for hydroxylation is 1. The van der Waals surface area contributed by atoms with E-state index < -0.39 is 4.92 Å². The van der Waals surface area contributed by atoms with Crippen molar-refractivity contribution < 1.29 is 23.3 Å². The van der Waals surface area contributed by atoms with Gasteiger partial charge in [0.05, 0.1) is 17.7 Å². The van der Waals surface area contributed by atoms with Crippen molar-refractivity contribution >= 4 is 17.5 Å². The average Bonchev–Trinajstić information content (AvgIpc) is 3.49. The number of hydrogen-bond acceptors (Lipinski definition) is 7. The highest BCUT2D eigenvalue weighted by atomic mass is 16.6. The summed E-state index contributed by atoms with van der Waals surface area (Å²) in [7, 11) is 0. The molecule has 0 radical (unpaired) electrons. The molecule has 0 unspecified atom stereocenters. The molecule has 0 atom stereocenters. The maximum Gasteiger partial charge on any atom is 0.312 e. The molecule has 0 spiro atoms. The summed E-state index contributed by atoms with van der Waals surface area (Å²) in [5.41, 5.74) is 0.723. The molecule has 11 heteroatoms. The number of carbonyl (C=O) groups is 2. The molecule has 1 fully saturated rings. The number of carbonyl (C=O) groups excluding carboxylic acids is 2. The molecule has 11 nitrogen and oxygen atoms in total. The minimum Gasteiger partial charge on any atom is -0.459 e. The van der Waals surface area contributed by atoms with Crippen molar-refractivity contribution in [2.75, 3.05) is 26.2 Å². The van der Waals surface area contributed by atoms with Crippen LogP contribution >= 0.6 is 0 Å². The predicted molar refractivity (Wildman–Crippen MR) is 107 cm³/mol. The van der Waals surface area contributed by atoms with E-state index >= 15 is 0 Å². The number of rotatable bonds is 5. The van der Waals surface area contributed by atoms with Gasteiger partial charge in [-0.25, -0.2) is 0 Å². The van der Waals surface area contributed by atoms with Crippen LogP contribution in [0.15, 0.2) is 39.4 Å². The Balaban J connectivity index is 1.38. The molecule has 0 aromatic carbocycles. The lowest BCUT2D eigenvalue weighted by Gasteiger charge is -2.33. The van der Waals surface area contributed by atoms with E-state index in [0.717, 1.165) is 0 Å². The second-order valence-electron chi connectivity index (χ2n) is 7.26. The highest BCUT2D eigenvalue weighted by Crippen LogP contribution is 2.23. The topological polar surface area (TPSA) is 128 Å². The lowest BCUT2D eigenvalue weighted by Crippen LogP contribution is -2.50. The molecule has 0 N–H and O–H groups in total. The molecule has 4 heterocycles. The highest BCUT2D eigenvalue weighted by molar-refractivity contribution is 5.93. The van der Waals surface area contributed by atoms with Gasteiger partial charge in [-0.15, -0.1) is 0 Å². The van der Waals surface area contributed by atoms with Gasteiger partial charge in [0.15, 0.2) is 11.5 Å². The van der Waals surface area contributed by atoms with E-state index in [2.05, 4.69) is 5.10 Å². The van der Waals surface area contributed by atoms with E-state index in [1.165, 1.54) is 10.9 Å². The third-order valence-corrected chi connectivity index (χ3v) is 5.29. The maximum absolute atomic E-state index is 12.8. The Morgan fingerprint density at radius 2 is 1.71 bits per heavy atom. The lowest BCUT2D eigenvalue weighted by atomic mass is 10.2. The van der Waals surface area contributed by atoms with Crippen molar-refractivity contribution in [3.63, 3.8) is 0 Å². The largest absolute Gasteiger partial charge is 0.459 e. The molecule has 0 saturated carbocycles. The zero-order valence-corrected chi connectivity index (χ0v) is 17.1. The molecule has 31 heavy (non-hydrogen) atoms. The summed E-state index contributed by atoms with van der Waals surface area (Å²) in [6.07, 6.45) is 1.45. The Kier molecular flexibility index (Phi) is 5.32. The first-order valence-corrected chi connectivity index (χ1v) is 9.74. The quantitative estimate of drug-likeness (QED) is 0.451. The zero-order chi connectivity index (χ0) is 22.1. The van der Waals surface area contributed by atoms with Gasteiger partial charge in [-0.1, -0.05) is 0 Å². The van der Waals surface area contributed by atoms with Crippen LogP contribution in [0.3, 0.4) is 0 Å². The van der Waals surface area contributed by atoms with E-state index in [9.17, 15) is 19.7 Å². The Morgan fingerprint density at radius 3 is 2.26 bits per heavy atom. The SMILES string of the molecule is Cc1nn(Cc2ccc(C(=O)N3CCN(C(=O)c4ccco4)CC3)o2)c(C)c1[N+](=O)[O-]. The average molecular weight is 427 g/mol. The van der Waals surface area contributed by atoms with Crippen molar-refractivity contribution in [1.29, 1.82) is 0 Å². The highest BCUT2D eigenvalue weighted by Gasteiger charge is 2.28. The summed E-state index contributed by atoms with van der Waals surface area (Å²) < 4.78 is 12.3. The fraction of sp³-hybridized carbons (Fsp3) is 0.350. The second-order valence-corrected chi connectivity index (χ2v) is 7.26. The van der Waals surface area contributed by atoms with Crippen LogP contribution in [-0.2, 0) is 6.54 Å². The van der Waals surface area contributed by atoms with Gasteiger partial charge < -0.3 is 18.6 Å². The van der Waals surface area contributed by atoms with Crippen molar-refractivity contribution in [2.24, 2.45) is 0 Å². The number of amides is 2. The first kappa shape index (κ1) is 20.4.